The standard InChI is InChI=1S/C13H17N3O5/c14-16(8-12(19)20)11(18)6-10(17)13(21)15-7-9-4-2-1-3-5-9/h1-5,10,17H,6-8,14H2,(H,15,21)(H,19,20)/t10-/m0/s1. The first kappa shape index (κ1) is 16.6. The Morgan fingerprint density at radius 2 is 1.86 bits per heavy atom. The Hall–Kier alpha value is -2.45. The second-order valence-corrected chi connectivity index (χ2v) is 4.34. The molecule has 8 nitrogen and oxygen atoms in total. The van der Waals surface area contributed by atoms with Crippen molar-refractivity contribution in [2.24, 2.45) is 5.84 Å². The number of aliphatic hydroxyl groups excluding tert-OH is 1. The number of carboxylic acids is 1. The van der Waals surface area contributed by atoms with Crippen molar-refractivity contribution in [2.75, 3.05) is 6.54 Å². The number of carboxylic acid groups (broad SMARTS) is 1. The molecule has 21 heavy (non-hydrogen) atoms. The molecule has 1 atom stereocenters. The number of hydrogen-bond acceptors (Lipinski definition) is 5. The van der Waals surface area contributed by atoms with Crippen LogP contribution in [0.5, 0.6) is 0 Å². The highest BCUT2D eigenvalue weighted by atomic mass is 16.4. The van der Waals surface area contributed by atoms with Crippen LogP contribution in [-0.4, -0.2) is 45.7 Å². The molecule has 1 aromatic carbocycles. The van der Waals surface area contributed by atoms with Crippen LogP contribution in [-0.2, 0) is 20.9 Å². The lowest BCUT2D eigenvalue weighted by molar-refractivity contribution is -0.146. The topological polar surface area (TPSA) is 133 Å². The lowest BCUT2D eigenvalue weighted by Gasteiger charge is -2.16. The number of nitrogens with one attached hydrogen (secondary N) is 1. The first-order chi connectivity index (χ1) is 9.90. The van der Waals surface area contributed by atoms with Gasteiger partial charge >= 0.3 is 5.97 Å². The van der Waals surface area contributed by atoms with E-state index in [2.05, 4.69) is 5.32 Å². The minimum atomic E-state index is -1.58. The second-order valence-electron chi connectivity index (χ2n) is 4.34. The van der Waals surface area contributed by atoms with Gasteiger partial charge in [0.05, 0.1) is 6.42 Å². The molecule has 114 valence electrons. The van der Waals surface area contributed by atoms with Gasteiger partial charge in [-0.1, -0.05) is 30.3 Å². The SMILES string of the molecule is NN(CC(=O)O)C(=O)C[C@H](O)C(=O)NCc1ccccc1. The highest BCUT2D eigenvalue weighted by molar-refractivity contribution is 5.88. The van der Waals surface area contributed by atoms with Crippen LogP contribution in [0.15, 0.2) is 30.3 Å². The van der Waals surface area contributed by atoms with Gasteiger partial charge in [-0.2, -0.15) is 0 Å². The second kappa shape index (κ2) is 7.98. The van der Waals surface area contributed by atoms with Gasteiger partial charge in [0.25, 0.3) is 0 Å². The fourth-order valence-electron chi connectivity index (χ4n) is 1.51. The number of hydrogen-bond donors (Lipinski definition) is 4. The van der Waals surface area contributed by atoms with Crippen LogP contribution in [0.1, 0.15) is 12.0 Å². The summed E-state index contributed by atoms with van der Waals surface area (Å²) in [6.07, 6.45) is -2.16. The van der Waals surface area contributed by atoms with E-state index < -0.39 is 36.9 Å². The van der Waals surface area contributed by atoms with E-state index in [1.807, 2.05) is 6.07 Å². The van der Waals surface area contributed by atoms with Crippen molar-refractivity contribution in [3.05, 3.63) is 35.9 Å². The molecule has 0 saturated carbocycles. The van der Waals surface area contributed by atoms with Crippen LogP contribution in [0.3, 0.4) is 0 Å². The average Bonchev–Trinajstić information content (AvgIpc) is 2.44. The summed E-state index contributed by atoms with van der Waals surface area (Å²) in [5.74, 6) is 2.35. The molecule has 0 aliphatic rings. The summed E-state index contributed by atoms with van der Waals surface area (Å²) in [6, 6.07) is 9.04. The number of nitrogens with zero attached hydrogens (tertiary/aromatic N) is 1. The molecule has 0 aliphatic heterocycles. The van der Waals surface area contributed by atoms with E-state index in [4.69, 9.17) is 10.9 Å². The molecular weight excluding hydrogens is 278 g/mol. The molecule has 0 heterocycles. The number of nitrogens with two attached hydrogens (primary N) is 1. The molecule has 1 aromatic rings. The third-order valence-electron chi connectivity index (χ3n) is 2.61. The van der Waals surface area contributed by atoms with Crippen molar-refractivity contribution in [3.8, 4) is 0 Å². The van der Waals surface area contributed by atoms with Crippen LogP contribution in [0.2, 0.25) is 0 Å². The van der Waals surface area contributed by atoms with E-state index in [-0.39, 0.29) is 6.54 Å². The number of carbonyl (C=O) groups is 3. The number of benzene rings is 1. The summed E-state index contributed by atoms with van der Waals surface area (Å²) in [5, 5.41) is 21.0. The fourth-order valence-corrected chi connectivity index (χ4v) is 1.51. The van der Waals surface area contributed by atoms with Crippen LogP contribution < -0.4 is 11.2 Å². The summed E-state index contributed by atoms with van der Waals surface area (Å²) >= 11 is 0. The minimum Gasteiger partial charge on any atom is -0.480 e. The monoisotopic (exact) mass is 295 g/mol. The first-order valence-corrected chi connectivity index (χ1v) is 6.16. The molecule has 0 unspecified atom stereocenters. The fraction of sp³-hybridized carbons (Fsp3) is 0.308. The van der Waals surface area contributed by atoms with Crippen molar-refractivity contribution in [1.82, 2.24) is 10.3 Å². The third-order valence-corrected chi connectivity index (χ3v) is 2.61. The maximum atomic E-state index is 11.6. The normalized spacial score (nSPS) is 11.5. The molecule has 0 aliphatic carbocycles. The van der Waals surface area contributed by atoms with Crippen LogP contribution in [0.25, 0.3) is 0 Å². The van der Waals surface area contributed by atoms with Crippen LogP contribution in [0.4, 0.5) is 0 Å². The van der Waals surface area contributed by atoms with Crippen molar-refractivity contribution < 1.29 is 24.6 Å². The zero-order valence-corrected chi connectivity index (χ0v) is 11.2. The average molecular weight is 295 g/mol. The number of aliphatic carboxylic acids is 1. The van der Waals surface area contributed by atoms with Gasteiger partial charge in [-0.15, -0.1) is 0 Å². The number of hydrazine groups is 1. The largest absolute Gasteiger partial charge is 0.480 e. The predicted molar refractivity (Wildman–Crippen MR) is 72.4 cm³/mol. The Bertz CT molecular complexity index is 506. The number of amides is 2. The van der Waals surface area contributed by atoms with Gasteiger partial charge in [-0.3, -0.25) is 19.4 Å². The van der Waals surface area contributed by atoms with Crippen LogP contribution >= 0.6 is 0 Å². The maximum absolute atomic E-state index is 11.6. The lowest BCUT2D eigenvalue weighted by Crippen LogP contribution is -2.44. The van der Waals surface area contributed by atoms with E-state index in [1.165, 1.54) is 0 Å². The van der Waals surface area contributed by atoms with Crippen LogP contribution in [0, 0.1) is 0 Å². The van der Waals surface area contributed by atoms with E-state index in [1.54, 1.807) is 24.3 Å². The Balaban J connectivity index is 2.40. The molecule has 0 saturated heterocycles. The van der Waals surface area contributed by atoms with Crippen molar-refractivity contribution in [1.29, 1.82) is 0 Å². The quantitative estimate of drug-likeness (QED) is 0.285. The van der Waals surface area contributed by atoms with E-state index in [0.717, 1.165) is 5.56 Å². The first-order valence-electron chi connectivity index (χ1n) is 6.16. The molecule has 8 heteroatoms. The highest BCUT2D eigenvalue weighted by Gasteiger charge is 2.22. The Morgan fingerprint density at radius 1 is 1.24 bits per heavy atom. The van der Waals surface area contributed by atoms with Crippen molar-refractivity contribution in [3.63, 3.8) is 0 Å². The Kier molecular flexibility index (Phi) is 6.31. The van der Waals surface area contributed by atoms with Gasteiger partial charge < -0.3 is 15.5 Å². The zero-order chi connectivity index (χ0) is 15.8. The van der Waals surface area contributed by atoms with E-state index in [9.17, 15) is 19.5 Å². The van der Waals surface area contributed by atoms with Gasteiger partial charge in [-0.25, -0.2) is 5.84 Å². The van der Waals surface area contributed by atoms with Crippen molar-refractivity contribution >= 4 is 17.8 Å². The summed E-state index contributed by atoms with van der Waals surface area (Å²) in [5.41, 5.74) is 0.843. The number of aliphatic hydroxyl groups is 1. The summed E-state index contributed by atoms with van der Waals surface area (Å²) in [7, 11) is 0. The molecule has 0 fully saturated rings. The molecule has 0 spiro atoms. The number of carbonyl (C=O) groups excluding carboxylic acids is 2. The molecule has 1 rings (SSSR count). The molecule has 2 amide bonds. The highest BCUT2D eigenvalue weighted by Crippen LogP contribution is 2.00. The maximum Gasteiger partial charge on any atom is 0.324 e. The van der Waals surface area contributed by atoms with Crippen molar-refractivity contribution in [2.45, 2.75) is 19.1 Å². The Morgan fingerprint density at radius 3 is 2.43 bits per heavy atom. The Labute approximate surface area is 121 Å². The predicted octanol–water partition coefficient (Wildman–Crippen LogP) is -1.16. The van der Waals surface area contributed by atoms with Gasteiger partial charge in [0.2, 0.25) is 11.8 Å². The van der Waals surface area contributed by atoms with Gasteiger partial charge in [-0.05, 0) is 5.56 Å². The van der Waals surface area contributed by atoms with Gasteiger partial charge in [0.15, 0.2) is 0 Å². The summed E-state index contributed by atoms with van der Waals surface area (Å²) in [6.45, 7) is -0.483. The minimum absolute atomic E-state index is 0.215. The zero-order valence-electron chi connectivity index (χ0n) is 11.2. The summed E-state index contributed by atoms with van der Waals surface area (Å²) in [4.78, 5) is 33.5. The van der Waals surface area contributed by atoms with E-state index in [0.29, 0.717) is 5.01 Å². The van der Waals surface area contributed by atoms with E-state index >= 15 is 0 Å². The molecule has 0 bridgehead atoms. The van der Waals surface area contributed by atoms with Gasteiger partial charge in [0.1, 0.15) is 12.6 Å². The smallest absolute Gasteiger partial charge is 0.324 e. The molecular formula is C13H17N3O5. The summed E-state index contributed by atoms with van der Waals surface area (Å²) < 4.78 is 0. The molecule has 0 aromatic heterocycles. The number of rotatable bonds is 7. The molecule has 5 N–H and O–H groups in total. The third kappa shape index (κ3) is 6.02. The van der Waals surface area contributed by atoms with Gasteiger partial charge in [0, 0.05) is 6.54 Å². The molecule has 0 radical (unpaired) electrons. The lowest BCUT2D eigenvalue weighted by atomic mass is 10.2.